The second-order valence-corrected chi connectivity index (χ2v) is 7.96. The summed E-state index contributed by atoms with van der Waals surface area (Å²) in [4.78, 5) is 4.61. The molecule has 0 aliphatic carbocycles. The predicted molar refractivity (Wildman–Crippen MR) is 108 cm³/mol. The van der Waals surface area contributed by atoms with Gasteiger partial charge in [-0.2, -0.15) is 0 Å². The molecule has 2 heterocycles. The van der Waals surface area contributed by atoms with E-state index in [0.717, 1.165) is 21.9 Å². The van der Waals surface area contributed by atoms with Crippen LogP contribution >= 0.6 is 0 Å². The van der Waals surface area contributed by atoms with Crippen LogP contribution in [0.4, 0.5) is 0 Å². The van der Waals surface area contributed by atoms with Crippen LogP contribution in [-0.4, -0.2) is 23.3 Å². The normalized spacial score (nSPS) is 18.0. The molecule has 4 rings (SSSR count). The van der Waals surface area contributed by atoms with Gasteiger partial charge >= 0.3 is 7.12 Å². The molecule has 2 aromatic carbocycles. The third-order valence-electron chi connectivity index (χ3n) is 5.44. The standard InChI is InChI=1S/C22H24BNO3/c1-21(2)22(3,4)27-23(26-21)18-11-12-19-17(14-18)10-13-20(24-19)25-15-16-8-6-5-7-9-16/h5-14H,15H2,1-4H3. The van der Waals surface area contributed by atoms with E-state index < -0.39 is 0 Å². The van der Waals surface area contributed by atoms with Gasteiger partial charge in [0, 0.05) is 11.5 Å². The van der Waals surface area contributed by atoms with Crippen molar-refractivity contribution in [2.45, 2.75) is 45.5 Å². The molecule has 1 aliphatic heterocycles. The first-order valence-corrected chi connectivity index (χ1v) is 9.27. The number of aromatic nitrogens is 1. The van der Waals surface area contributed by atoms with E-state index in [1.165, 1.54) is 0 Å². The van der Waals surface area contributed by atoms with Crippen LogP contribution in [0.5, 0.6) is 5.88 Å². The van der Waals surface area contributed by atoms with Gasteiger partial charge in [-0.3, -0.25) is 0 Å². The smallest absolute Gasteiger partial charge is 0.473 e. The molecule has 0 unspecified atom stereocenters. The molecule has 1 aliphatic rings. The van der Waals surface area contributed by atoms with Gasteiger partial charge in [0.15, 0.2) is 0 Å². The largest absolute Gasteiger partial charge is 0.494 e. The molecule has 0 N–H and O–H groups in total. The lowest BCUT2D eigenvalue weighted by atomic mass is 9.78. The number of hydrogen-bond donors (Lipinski definition) is 0. The fourth-order valence-electron chi connectivity index (χ4n) is 3.06. The maximum absolute atomic E-state index is 6.14. The van der Waals surface area contributed by atoms with Gasteiger partial charge < -0.3 is 14.0 Å². The van der Waals surface area contributed by atoms with Gasteiger partial charge in [0.05, 0.1) is 16.7 Å². The van der Waals surface area contributed by atoms with Crippen molar-refractivity contribution in [3.8, 4) is 5.88 Å². The molecule has 0 amide bonds. The predicted octanol–water partition coefficient (Wildman–Crippen LogP) is 4.11. The zero-order valence-corrected chi connectivity index (χ0v) is 16.2. The highest BCUT2D eigenvalue weighted by molar-refractivity contribution is 6.62. The fourth-order valence-corrected chi connectivity index (χ4v) is 3.06. The van der Waals surface area contributed by atoms with E-state index in [1.54, 1.807) is 0 Å². The Morgan fingerprint density at radius 1 is 0.889 bits per heavy atom. The molecule has 3 aromatic rings. The Balaban J connectivity index is 1.53. The van der Waals surface area contributed by atoms with Crippen molar-refractivity contribution in [2.24, 2.45) is 0 Å². The van der Waals surface area contributed by atoms with Gasteiger partial charge in [-0.1, -0.05) is 42.5 Å². The molecule has 0 radical (unpaired) electrons. The molecule has 1 fully saturated rings. The summed E-state index contributed by atoms with van der Waals surface area (Å²) in [5, 5.41) is 1.04. The zero-order valence-electron chi connectivity index (χ0n) is 16.2. The van der Waals surface area contributed by atoms with Crippen LogP contribution in [0.3, 0.4) is 0 Å². The molecule has 1 saturated heterocycles. The second-order valence-electron chi connectivity index (χ2n) is 7.96. The molecule has 27 heavy (non-hydrogen) atoms. The SMILES string of the molecule is CC1(C)OB(c2ccc3nc(OCc4ccccc4)ccc3c2)OC1(C)C. The van der Waals surface area contributed by atoms with Crippen molar-refractivity contribution in [1.82, 2.24) is 4.98 Å². The minimum Gasteiger partial charge on any atom is -0.473 e. The van der Waals surface area contributed by atoms with Crippen molar-refractivity contribution < 1.29 is 14.0 Å². The highest BCUT2D eigenvalue weighted by Gasteiger charge is 2.51. The third-order valence-corrected chi connectivity index (χ3v) is 5.44. The fraction of sp³-hybridized carbons (Fsp3) is 0.318. The third kappa shape index (κ3) is 3.57. The summed E-state index contributed by atoms with van der Waals surface area (Å²) in [6.45, 7) is 8.75. The topological polar surface area (TPSA) is 40.6 Å². The van der Waals surface area contributed by atoms with Crippen LogP contribution in [0.2, 0.25) is 0 Å². The Hall–Kier alpha value is -2.37. The summed E-state index contributed by atoms with van der Waals surface area (Å²) in [5.41, 5.74) is 2.32. The van der Waals surface area contributed by atoms with E-state index in [9.17, 15) is 0 Å². The monoisotopic (exact) mass is 361 g/mol. The number of hydrogen-bond acceptors (Lipinski definition) is 4. The number of benzene rings is 2. The molecule has 0 atom stereocenters. The Kier molecular flexibility index (Phi) is 4.45. The first-order chi connectivity index (χ1) is 12.8. The van der Waals surface area contributed by atoms with Gasteiger partial charge in [0.2, 0.25) is 5.88 Å². The van der Waals surface area contributed by atoms with Crippen molar-refractivity contribution in [2.75, 3.05) is 0 Å². The lowest BCUT2D eigenvalue weighted by molar-refractivity contribution is 0.00578. The number of fused-ring (bicyclic) bond motifs is 1. The van der Waals surface area contributed by atoms with Crippen LogP contribution in [0.15, 0.2) is 60.7 Å². The maximum Gasteiger partial charge on any atom is 0.494 e. The first kappa shape index (κ1) is 18.0. The minimum atomic E-state index is -0.367. The van der Waals surface area contributed by atoms with Crippen molar-refractivity contribution in [3.63, 3.8) is 0 Å². The van der Waals surface area contributed by atoms with Crippen molar-refractivity contribution in [1.29, 1.82) is 0 Å². The minimum absolute atomic E-state index is 0.347. The Morgan fingerprint density at radius 2 is 1.59 bits per heavy atom. The number of rotatable bonds is 4. The maximum atomic E-state index is 6.14. The van der Waals surface area contributed by atoms with Crippen molar-refractivity contribution >= 4 is 23.5 Å². The summed E-state index contributed by atoms with van der Waals surface area (Å²) in [6.07, 6.45) is 0. The van der Waals surface area contributed by atoms with E-state index in [0.29, 0.717) is 12.5 Å². The lowest BCUT2D eigenvalue weighted by Gasteiger charge is -2.32. The molecule has 5 heteroatoms. The molecular formula is C22H24BNO3. The van der Waals surface area contributed by atoms with Gasteiger partial charge in [0.1, 0.15) is 6.61 Å². The highest BCUT2D eigenvalue weighted by atomic mass is 16.7. The summed E-state index contributed by atoms with van der Waals surface area (Å²) in [7, 11) is -0.367. The first-order valence-electron chi connectivity index (χ1n) is 9.27. The molecular weight excluding hydrogens is 337 g/mol. The molecule has 4 nitrogen and oxygen atoms in total. The van der Waals surface area contributed by atoms with Gasteiger partial charge in [0.25, 0.3) is 0 Å². The quantitative estimate of drug-likeness (QED) is 0.656. The van der Waals surface area contributed by atoms with E-state index in [-0.39, 0.29) is 18.3 Å². The van der Waals surface area contributed by atoms with E-state index in [2.05, 4.69) is 38.7 Å². The number of nitrogens with zero attached hydrogens (tertiary/aromatic N) is 1. The van der Waals surface area contributed by atoms with Crippen LogP contribution in [-0.2, 0) is 15.9 Å². The van der Waals surface area contributed by atoms with Crippen molar-refractivity contribution in [3.05, 3.63) is 66.2 Å². The summed E-state index contributed by atoms with van der Waals surface area (Å²) in [6, 6.07) is 20.1. The summed E-state index contributed by atoms with van der Waals surface area (Å²) < 4.78 is 18.1. The van der Waals surface area contributed by atoms with Crippen LogP contribution in [0, 0.1) is 0 Å². The second kappa shape index (κ2) is 6.66. The molecule has 0 saturated carbocycles. The Labute approximate surface area is 160 Å². The molecule has 0 spiro atoms. The number of ether oxygens (including phenoxy) is 1. The van der Waals surface area contributed by atoms with E-state index >= 15 is 0 Å². The Bertz CT molecular complexity index is 940. The number of pyridine rings is 1. The van der Waals surface area contributed by atoms with Crippen LogP contribution in [0.25, 0.3) is 10.9 Å². The van der Waals surface area contributed by atoms with E-state index in [4.69, 9.17) is 14.0 Å². The van der Waals surface area contributed by atoms with Crippen LogP contribution in [0.1, 0.15) is 33.3 Å². The molecule has 1 aromatic heterocycles. The van der Waals surface area contributed by atoms with E-state index in [1.807, 2.05) is 54.6 Å². The highest BCUT2D eigenvalue weighted by Crippen LogP contribution is 2.36. The summed E-state index contributed by atoms with van der Waals surface area (Å²) >= 11 is 0. The van der Waals surface area contributed by atoms with Gasteiger partial charge in [-0.25, -0.2) is 4.98 Å². The average molecular weight is 361 g/mol. The molecule has 138 valence electrons. The zero-order chi connectivity index (χ0) is 19.1. The van der Waals surface area contributed by atoms with Gasteiger partial charge in [-0.05, 0) is 50.9 Å². The Morgan fingerprint density at radius 3 is 2.30 bits per heavy atom. The average Bonchev–Trinajstić information content (AvgIpc) is 2.88. The van der Waals surface area contributed by atoms with Gasteiger partial charge in [-0.15, -0.1) is 0 Å². The lowest BCUT2D eigenvalue weighted by Crippen LogP contribution is -2.41. The molecule has 0 bridgehead atoms. The summed E-state index contributed by atoms with van der Waals surface area (Å²) in [5.74, 6) is 0.620. The van der Waals surface area contributed by atoms with Crippen LogP contribution < -0.4 is 10.2 Å².